The summed E-state index contributed by atoms with van der Waals surface area (Å²) in [4.78, 5) is 62.2. The molecular weight excluding hydrogens is 647 g/mol. The number of nitrogen functional groups attached to an aromatic ring is 1. The number of amides is 2. The molecule has 16 heteroatoms. The number of nitrogens with two attached hydrogens (primary N) is 1. The molecule has 1 aliphatic carbocycles. The Morgan fingerprint density at radius 1 is 1.23 bits per heavy atom. The van der Waals surface area contributed by atoms with Crippen LogP contribution in [0.15, 0.2) is 66.6 Å². The number of aliphatic carboxylic acids is 1. The number of aromatic nitrogens is 1. The first kappa shape index (κ1) is 30.2. The summed E-state index contributed by atoms with van der Waals surface area (Å²) in [5, 5.41) is 29.9. The predicted octanol–water partition coefficient (Wildman–Crippen LogP) is 3.71. The number of carbonyl (C=O) groups excluding carboxylic acids is 2. The number of nitrogens with zero attached hydrogens (tertiary/aromatic N) is 3. The summed E-state index contributed by atoms with van der Waals surface area (Å²) in [6.45, 7) is 0. The van der Waals surface area contributed by atoms with E-state index in [0.717, 1.165) is 37.0 Å². The largest absolute Gasteiger partial charge is 0.508 e. The van der Waals surface area contributed by atoms with Crippen molar-refractivity contribution < 1.29 is 29.4 Å². The molecule has 6 rings (SSSR count). The highest BCUT2D eigenvalue weighted by Crippen LogP contribution is 2.41. The summed E-state index contributed by atoms with van der Waals surface area (Å²) >= 11 is 5.01. The topological polar surface area (TPSA) is 185 Å². The summed E-state index contributed by atoms with van der Waals surface area (Å²) in [5.41, 5.74) is 5.96. The Morgan fingerprint density at radius 3 is 2.75 bits per heavy atom. The third-order valence-electron chi connectivity index (χ3n) is 7.21. The van der Waals surface area contributed by atoms with E-state index in [9.17, 15) is 29.4 Å². The minimum atomic E-state index is -1.27. The molecule has 44 heavy (non-hydrogen) atoms. The molecule has 1 unspecified atom stereocenters. The zero-order valence-electron chi connectivity index (χ0n) is 22.8. The molecule has 5 N–H and O–H groups in total. The molecule has 228 valence electrons. The Labute approximate surface area is 266 Å². The molecule has 4 heterocycles. The highest BCUT2D eigenvalue weighted by Gasteiger charge is 2.54. The van der Waals surface area contributed by atoms with Crippen molar-refractivity contribution in [3.05, 3.63) is 68.3 Å². The van der Waals surface area contributed by atoms with Crippen LogP contribution in [0.25, 0.3) is 10.1 Å². The second-order valence-electron chi connectivity index (χ2n) is 10.1. The second kappa shape index (κ2) is 12.6. The Kier molecular flexibility index (Phi) is 8.66. The highest BCUT2D eigenvalue weighted by atomic mass is 32.2. The fourth-order valence-corrected chi connectivity index (χ4v) is 8.94. The van der Waals surface area contributed by atoms with Crippen LogP contribution in [0.2, 0.25) is 0 Å². The molecule has 3 aliphatic rings. The van der Waals surface area contributed by atoms with Gasteiger partial charge in [0.05, 0.1) is 4.21 Å². The number of hydrogen-bond acceptors (Lipinski definition) is 13. The average Bonchev–Trinajstić information content (AvgIpc) is 3.67. The molecule has 2 fully saturated rings. The lowest BCUT2D eigenvalue weighted by atomic mass is 10.0. The van der Waals surface area contributed by atoms with Gasteiger partial charge < -0.3 is 26.1 Å². The number of aromatic hydroxyl groups is 1. The minimum Gasteiger partial charge on any atom is -0.508 e. The molecule has 0 spiro atoms. The van der Waals surface area contributed by atoms with E-state index in [-0.39, 0.29) is 45.3 Å². The van der Waals surface area contributed by atoms with Crippen LogP contribution in [0.4, 0.5) is 5.13 Å². The Morgan fingerprint density at radius 2 is 2.02 bits per heavy atom. The molecule has 0 bridgehead atoms. The number of carboxylic acids is 1. The van der Waals surface area contributed by atoms with Gasteiger partial charge >= 0.3 is 5.97 Å². The van der Waals surface area contributed by atoms with Crippen molar-refractivity contribution in [2.75, 3.05) is 11.5 Å². The number of fused-ring (bicyclic) bond motifs is 2. The van der Waals surface area contributed by atoms with Crippen molar-refractivity contribution in [1.29, 1.82) is 0 Å². The van der Waals surface area contributed by atoms with Crippen LogP contribution in [0.1, 0.15) is 31.4 Å². The quantitative estimate of drug-likeness (QED) is 0.113. The standard InChI is InChI=1S/C28H25N5O7S4/c29-28-30-17(12-43-28)21(32-40-15-3-1-2-4-15)24(36)31-22-25(37)33-23(27(38)39)13(11-42-26(22)33)7-8-41-20-10-18(35)16-6-5-14(34)9-19(16)44-20/h5-10,12,15,22,26,34H,1-4,11H2,(H2,29,30)(H,31,36)(H,38,39)/t22?,26-/m0/s1. The van der Waals surface area contributed by atoms with Gasteiger partial charge in [0, 0.05) is 27.3 Å². The number of nitrogens with one attached hydrogen (secondary N) is 1. The lowest BCUT2D eigenvalue weighted by Crippen LogP contribution is -2.71. The predicted molar refractivity (Wildman–Crippen MR) is 171 cm³/mol. The van der Waals surface area contributed by atoms with Gasteiger partial charge in [0.2, 0.25) is 0 Å². The number of anilines is 1. The Hall–Kier alpha value is -3.86. The first-order chi connectivity index (χ1) is 21.2. The zero-order chi connectivity index (χ0) is 31.0. The maximum Gasteiger partial charge on any atom is 0.352 e. The van der Waals surface area contributed by atoms with E-state index in [0.29, 0.717) is 19.9 Å². The van der Waals surface area contributed by atoms with Crippen LogP contribution in [0.5, 0.6) is 5.75 Å². The first-order valence-corrected chi connectivity index (χ1v) is 17.1. The van der Waals surface area contributed by atoms with Crippen LogP contribution >= 0.6 is 46.2 Å². The number of phenols is 1. The summed E-state index contributed by atoms with van der Waals surface area (Å²) in [6.07, 6.45) is 5.20. The molecule has 3 aromatic rings. The van der Waals surface area contributed by atoms with Gasteiger partial charge in [-0.1, -0.05) is 16.9 Å². The number of hydrogen-bond donors (Lipinski definition) is 4. The van der Waals surface area contributed by atoms with Gasteiger partial charge in [0.1, 0.15) is 34.7 Å². The number of rotatable bonds is 9. The molecule has 1 saturated heterocycles. The molecule has 2 atom stereocenters. The van der Waals surface area contributed by atoms with Gasteiger partial charge in [-0.2, -0.15) is 0 Å². The SMILES string of the molecule is Nc1nc(C(=NOC2CCCC2)C(=O)NC2C(=O)N3C(C(=O)O)=C(C=CSc4cc(=O)c5ccc(O)cc5s4)CS[C@@H]23)cs1. The van der Waals surface area contributed by atoms with E-state index in [1.807, 2.05) is 0 Å². The third-order valence-corrected chi connectivity index (χ3v) is 11.2. The van der Waals surface area contributed by atoms with Crippen molar-refractivity contribution in [3.8, 4) is 5.75 Å². The molecule has 12 nitrogen and oxygen atoms in total. The minimum absolute atomic E-state index is 0.0540. The van der Waals surface area contributed by atoms with E-state index in [1.165, 1.54) is 58.0 Å². The van der Waals surface area contributed by atoms with Crippen molar-refractivity contribution in [2.45, 2.75) is 47.4 Å². The number of β-lactam (4-membered cyclic amide) rings is 1. The lowest BCUT2D eigenvalue weighted by molar-refractivity contribution is -0.150. The fraction of sp³-hybridized carbons (Fsp3) is 0.286. The fourth-order valence-electron chi connectivity index (χ4n) is 5.07. The van der Waals surface area contributed by atoms with Crippen LogP contribution in [0.3, 0.4) is 0 Å². The van der Waals surface area contributed by atoms with Gasteiger partial charge in [0.25, 0.3) is 11.8 Å². The van der Waals surface area contributed by atoms with Crippen molar-refractivity contribution in [3.63, 3.8) is 0 Å². The molecular formula is C28H25N5O7S4. The summed E-state index contributed by atoms with van der Waals surface area (Å²) in [5.74, 6) is -2.17. The first-order valence-electron chi connectivity index (χ1n) is 13.5. The summed E-state index contributed by atoms with van der Waals surface area (Å²) < 4.78 is 1.29. The number of allylic oxidation sites excluding steroid dienone is 1. The van der Waals surface area contributed by atoms with Gasteiger partial charge in [0.15, 0.2) is 16.3 Å². The van der Waals surface area contributed by atoms with Crippen LogP contribution in [-0.4, -0.2) is 66.9 Å². The molecule has 2 amide bonds. The third kappa shape index (κ3) is 6.06. The second-order valence-corrected chi connectivity index (χ2v) is 14.4. The Balaban J connectivity index is 1.17. The molecule has 1 aromatic carbocycles. The van der Waals surface area contributed by atoms with E-state index in [1.54, 1.807) is 22.9 Å². The normalized spacial score (nSPS) is 20.7. The van der Waals surface area contributed by atoms with Gasteiger partial charge in [-0.05, 0) is 60.9 Å². The zero-order valence-corrected chi connectivity index (χ0v) is 26.1. The summed E-state index contributed by atoms with van der Waals surface area (Å²) in [6, 6.07) is 5.06. The Bertz CT molecular complexity index is 1810. The number of thioether (sulfide) groups is 2. The highest BCUT2D eigenvalue weighted by molar-refractivity contribution is 8.04. The number of benzene rings is 1. The summed E-state index contributed by atoms with van der Waals surface area (Å²) in [7, 11) is 0. The van der Waals surface area contributed by atoms with E-state index < -0.39 is 29.2 Å². The molecule has 0 radical (unpaired) electrons. The molecule has 2 aliphatic heterocycles. The van der Waals surface area contributed by atoms with E-state index in [2.05, 4.69) is 15.5 Å². The number of oxime groups is 1. The average molecular weight is 672 g/mol. The van der Waals surface area contributed by atoms with Crippen molar-refractivity contribution in [2.24, 2.45) is 5.16 Å². The lowest BCUT2D eigenvalue weighted by Gasteiger charge is -2.49. The smallest absolute Gasteiger partial charge is 0.352 e. The van der Waals surface area contributed by atoms with Crippen LogP contribution in [0, 0.1) is 0 Å². The number of thiazole rings is 1. The monoisotopic (exact) mass is 671 g/mol. The van der Waals surface area contributed by atoms with Crippen LogP contribution in [-0.2, 0) is 19.2 Å². The number of phenolic OH excluding ortho intramolecular Hbond substituents is 1. The maximum absolute atomic E-state index is 13.3. The van der Waals surface area contributed by atoms with Crippen molar-refractivity contribution >= 4 is 84.9 Å². The van der Waals surface area contributed by atoms with Gasteiger partial charge in [-0.25, -0.2) is 9.78 Å². The molecule has 1 saturated carbocycles. The van der Waals surface area contributed by atoms with Gasteiger partial charge in [-0.15, -0.1) is 34.4 Å². The maximum atomic E-state index is 13.3. The molecule has 2 aromatic heterocycles. The van der Waals surface area contributed by atoms with Gasteiger partial charge in [-0.3, -0.25) is 19.3 Å². The van der Waals surface area contributed by atoms with E-state index in [4.69, 9.17) is 10.6 Å². The number of carboxylic acid groups (broad SMARTS) is 1. The van der Waals surface area contributed by atoms with Crippen LogP contribution < -0.4 is 16.5 Å². The van der Waals surface area contributed by atoms with E-state index >= 15 is 0 Å². The number of carbonyl (C=O) groups is 3. The van der Waals surface area contributed by atoms with Crippen molar-refractivity contribution in [1.82, 2.24) is 15.2 Å².